The van der Waals surface area contributed by atoms with Gasteiger partial charge in [0.1, 0.15) is 5.82 Å². The van der Waals surface area contributed by atoms with Crippen LogP contribution in [0, 0.1) is 6.92 Å². The predicted molar refractivity (Wildman–Crippen MR) is 104 cm³/mol. The first-order chi connectivity index (χ1) is 13.2. The zero-order valence-corrected chi connectivity index (χ0v) is 15.6. The van der Waals surface area contributed by atoms with Crippen LogP contribution in [0.25, 0.3) is 5.65 Å². The molecule has 2 aromatic heterocycles. The zero-order chi connectivity index (χ0) is 18.6. The molecule has 1 aliphatic rings. The fourth-order valence-electron chi connectivity index (χ4n) is 3.31. The molecular weight excluding hydrogens is 340 g/mol. The lowest BCUT2D eigenvalue weighted by molar-refractivity contribution is -0.121. The van der Waals surface area contributed by atoms with E-state index >= 15 is 0 Å². The molecule has 0 spiro atoms. The molecule has 7 nitrogen and oxygen atoms in total. The van der Waals surface area contributed by atoms with E-state index < -0.39 is 0 Å². The summed E-state index contributed by atoms with van der Waals surface area (Å²) in [6, 6.07) is 12.1. The number of fused-ring (bicyclic) bond motifs is 1. The molecule has 1 aliphatic heterocycles. The number of rotatable bonds is 6. The van der Waals surface area contributed by atoms with Crippen LogP contribution in [0.15, 0.2) is 36.4 Å². The van der Waals surface area contributed by atoms with E-state index in [4.69, 9.17) is 0 Å². The first-order valence-corrected chi connectivity index (χ1v) is 9.47. The number of nitrogens with one attached hydrogen (secondary N) is 1. The monoisotopic (exact) mass is 364 g/mol. The van der Waals surface area contributed by atoms with Crippen LogP contribution in [0.1, 0.15) is 36.2 Å². The lowest BCUT2D eigenvalue weighted by Crippen LogP contribution is -2.23. The Morgan fingerprint density at radius 3 is 2.63 bits per heavy atom. The van der Waals surface area contributed by atoms with Gasteiger partial charge in [-0.3, -0.25) is 4.79 Å². The van der Waals surface area contributed by atoms with Crippen LogP contribution in [0.2, 0.25) is 0 Å². The summed E-state index contributed by atoms with van der Waals surface area (Å²) in [5.41, 5.74) is 3.02. The standard InChI is InChI=1S/C20H24N6O/c1-15-4-6-16(7-5-15)14-21-20(27)11-10-18-23-22-17-8-9-19(24-26(17)18)25-12-2-3-13-25/h4-9H,2-3,10-14H2,1H3,(H,21,27). The minimum absolute atomic E-state index is 0.00280. The van der Waals surface area contributed by atoms with Gasteiger partial charge in [-0.15, -0.1) is 15.3 Å². The fourth-order valence-corrected chi connectivity index (χ4v) is 3.31. The third-order valence-electron chi connectivity index (χ3n) is 4.93. The third-order valence-corrected chi connectivity index (χ3v) is 4.93. The quantitative estimate of drug-likeness (QED) is 0.726. The Labute approximate surface area is 158 Å². The highest BCUT2D eigenvalue weighted by atomic mass is 16.1. The number of anilines is 1. The minimum Gasteiger partial charge on any atom is -0.355 e. The normalized spacial score (nSPS) is 14.0. The Kier molecular flexibility index (Phi) is 5.00. The SMILES string of the molecule is Cc1ccc(CNC(=O)CCc2nnc3ccc(N4CCCC4)nn23)cc1. The molecule has 1 saturated heterocycles. The average molecular weight is 364 g/mol. The maximum absolute atomic E-state index is 12.2. The highest BCUT2D eigenvalue weighted by Gasteiger charge is 2.16. The molecule has 0 unspecified atom stereocenters. The van der Waals surface area contributed by atoms with Gasteiger partial charge in [0.05, 0.1) is 0 Å². The molecule has 1 amide bonds. The van der Waals surface area contributed by atoms with Crippen LogP contribution in [0.3, 0.4) is 0 Å². The zero-order valence-electron chi connectivity index (χ0n) is 15.6. The largest absolute Gasteiger partial charge is 0.355 e. The number of carbonyl (C=O) groups excluding carboxylic acids is 1. The molecule has 1 N–H and O–H groups in total. The summed E-state index contributed by atoms with van der Waals surface area (Å²) in [6.45, 7) is 4.67. The van der Waals surface area contributed by atoms with Gasteiger partial charge in [-0.2, -0.15) is 4.52 Å². The Hall–Kier alpha value is -2.96. The maximum atomic E-state index is 12.2. The molecule has 7 heteroatoms. The number of amides is 1. The topological polar surface area (TPSA) is 75.4 Å². The molecule has 4 rings (SSSR count). The molecule has 27 heavy (non-hydrogen) atoms. The highest BCUT2D eigenvalue weighted by molar-refractivity contribution is 5.76. The Bertz CT molecular complexity index is 927. The van der Waals surface area contributed by atoms with Crippen LogP contribution in [-0.4, -0.2) is 38.8 Å². The number of hydrogen-bond acceptors (Lipinski definition) is 5. The first-order valence-electron chi connectivity index (χ1n) is 9.47. The molecule has 140 valence electrons. The molecule has 3 heterocycles. The number of aromatic nitrogens is 4. The van der Waals surface area contributed by atoms with E-state index in [0.29, 0.717) is 25.0 Å². The van der Waals surface area contributed by atoms with Gasteiger partial charge in [0.2, 0.25) is 5.91 Å². The molecule has 3 aromatic rings. The average Bonchev–Trinajstić information content (AvgIpc) is 3.35. The molecule has 1 fully saturated rings. The number of carbonyl (C=O) groups is 1. The van der Waals surface area contributed by atoms with Crippen molar-refractivity contribution >= 4 is 17.4 Å². The molecule has 0 atom stereocenters. The van der Waals surface area contributed by atoms with E-state index in [2.05, 4.69) is 32.4 Å². The van der Waals surface area contributed by atoms with Gasteiger partial charge >= 0.3 is 0 Å². The van der Waals surface area contributed by atoms with Gasteiger partial charge in [0.25, 0.3) is 0 Å². The summed E-state index contributed by atoms with van der Waals surface area (Å²) in [5, 5.41) is 16.0. The van der Waals surface area contributed by atoms with Gasteiger partial charge < -0.3 is 10.2 Å². The molecule has 0 aliphatic carbocycles. The number of nitrogens with zero attached hydrogens (tertiary/aromatic N) is 5. The van der Waals surface area contributed by atoms with Crippen LogP contribution in [0.5, 0.6) is 0 Å². The second kappa shape index (κ2) is 7.73. The smallest absolute Gasteiger partial charge is 0.220 e. The van der Waals surface area contributed by atoms with Gasteiger partial charge in [0, 0.05) is 32.5 Å². The number of aryl methyl sites for hydroxylation is 2. The van der Waals surface area contributed by atoms with Gasteiger partial charge in [-0.25, -0.2) is 0 Å². The van der Waals surface area contributed by atoms with Crippen molar-refractivity contribution in [3.8, 4) is 0 Å². The third kappa shape index (κ3) is 4.07. The lowest BCUT2D eigenvalue weighted by atomic mass is 10.1. The van der Waals surface area contributed by atoms with Crippen molar-refractivity contribution in [1.29, 1.82) is 0 Å². The molecule has 0 saturated carbocycles. The van der Waals surface area contributed by atoms with Crippen molar-refractivity contribution in [2.24, 2.45) is 0 Å². The van der Waals surface area contributed by atoms with E-state index in [9.17, 15) is 4.79 Å². The van der Waals surface area contributed by atoms with E-state index in [1.165, 1.54) is 18.4 Å². The van der Waals surface area contributed by atoms with Crippen molar-refractivity contribution in [3.63, 3.8) is 0 Å². The molecule has 1 aromatic carbocycles. The lowest BCUT2D eigenvalue weighted by Gasteiger charge is -2.15. The summed E-state index contributed by atoms with van der Waals surface area (Å²) in [7, 11) is 0. The van der Waals surface area contributed by atoms with Crippen molar-refractivity contribution in [1.82, 2.24) is 25.1 Å². The first kappa shape index (κ1) is 17.5. The van der Waals surface area contributed by atoms with Gasteiger partial charge in [0.15, 0.2) is 11.5 Å². The van der Waals surface area contributed by atoms with E-state index in [0.717, 1.165) is 30.3 Å². The number of benzene rings is 1. The van der Waals surface area contributed by atoms with Crippen molar-refractivity contribution in [3.05, 3.63) is 53.3 Å². The Balaban J connectivity index is 1.37. The number of hydrogen-bond donors (Lipinski definition) is 1. The van der Waals surface area contributed by atoms with Crippen LogP contribution in [-0.2, 0) is 17.8 Å². The Morgan fingerprint density at radius 2 is 1.85 bits per heavy atom. The van der Waals surface area contributed by atoms with Crippen molar-refractivity contribution in [2.75, 3.05) is 18.0 Å². The van der Waals surface area contributed by atoms with Crippen molar-refractivity contribution < 1.29 is 4.79 Å². The van der Waals surface area contributed by atoms with Crippen LogP contribution >= 0.6 is 0 Å². The molecule has 0 radical (unpaired) electrons. The fraction of sp³-hybridized carbons (Fsp3) is 0.400. The summed E-state index contributed by atoms with van der Waals surface area (Å²) in [6.07, 6.45) is 3.28. The van der Waals surface area contributed by atoms with Gasteiger partial charge in [-0.05, 0) is 37.5 Å². The van der Waals surface area contributed by atoms with Crippen LogP contribution in [0.4, 0.5) is 5.82 Å². The van der Waals surface area contributed by atoms with E-state index in [1.807, 2.05) is 36.4 Å². The van der Waals surface area contributed by atoms with E-state index in [-0.39, 0.29) is 5.91 Å². The minimum atomic E-state index is 0.00280. The second-order valence-corrected chi connectivity index (χ2v) is 7.03. The van der Waals surface area contributed by atoms with Gasteiger partial charge in [-0.1, -0.05) is 29.8 Å². The summed E-state index contributed by atoms with van der Waals surface area (Å²) in [4.78, 5) is 14.5. The maximum Gasteiger partial charge on any atom is 0.220 e. The summed E-state index contributed by atoms with van der Waals surface area (Å²) >= 11 is 0. The molecule has 0 bridgehead atoms. The summed E-state index contributed by atoms with van der Waals surface area (Å²) in [5.74, 6) is 1.67. The van der Waals surface area contributed by atoms with E-state index in [1.54, 1.807) is 4.52 Å². The van der Waals surface area contributed by atoms with Crippen LogP contribution < -0.4 is 10.2 Å². The predicted octanol–water partition coefficient (Wildman–Crippen LogP) is 2.28. The second-order valence-electron chi connectivity index (χ2n) is 7.03. The summed E-state index contributed by atoms with van der Waals surface area (Å²) < 4.78 is 1.76. The van der Waals surface area contributed by atoms with Crippen molar-refractivity contribution in [2.45, 2.75) is 39.2 Å². The molecular formula is C20H24N6O. The Morgan fingerprint density at radius 1 is 1.07 bits per heavy atom. The highest BCUT2D eigenvalue weighted by Crippen LogP contribution is 2.18.